The Labute approximate surface area is 91.2 Å². The minimum absolute atomic E-state index is 0.147. The molecule has 0 unspecified atom stereocenters. The van der Waals surface area contributed by atoms with Gasteiger partial charge in [-0.1, -0.05) is 37.6 Å². The van der Waals surface area contributed by atoms with Crippen LogP contribution in [-0.2, 0) is 13.0 Å². The summed E-state index contributed by atoms with van der Waals surface area (Å²) in [6, 6.07) is 8.42. The molecule has 0 amide bonds. The summed E-state index contributed by atoms with van der Waals surface area (Å²) in [4.78, 5) is 3.99. The van der Waals surface area contributed by atoms with Gasteiger partial charge in [0.05, 0.1) is 6.54 Å². The van der Waals surface area contributed by atoms with E-state index in [0.717, 1.165) is 12.0 Å². The number of hydrogen-bond acceptors (Lipinski definition) is 1. The van der Waals surface area contributed by atoms with Crippen molar-refractivity contribution in [3.8, 4) is 0 Å². The summed E-state index contributed by atoms with van der Waals surface area (Å²) in [5, 5.41) is 0. The molecule has 15 heavy (non-hydrogen) atoms. The second-order valence-corrected chi connectivity index (χ2v) is 3.66. The van der Waals surface area contributed by atoms with Crippen molar-refractivity contribution in [3.05, 3.63) is 35.4 Å². The normalized spacial score (nSPS) is 9.93. The molecule has 0 fully saturated rings. The van der Waals surface area contributed by atoms with Crippen LogP contribution in [0.3, 0.4) is 0 Å². The lowest BCUT2D eigenvalue weighted by atomic mass is 10.1. The molecule has 1 aromatic carbocycles. The van der Waals surface area contributed by atoms with Crippen molar-refractivity contribution in [2.45, 2.75) is 32.7 Å². The van der Waals surface area contributed by atoms with Crippen LogP contribution in [0.15, 0.2) is 29.3 Å². The van der Waals surface area contributed by atoms with E-state index in [2.05, 4.69) is 30.1 Å². The van der Waals surface area contributed by atoms with Gasteiger partial charge < -0.3 is 11.5 Å². The first kappa shape index (κ1) is 11.6. The number of benzene rings is 1. The molecule has 0 heterocycles. The van der Waals surface area contributed by atoms with E-state index >= 15 is 0 Å². The molecule has 1 rings (SSSR count). The molecule has 3 heteroatoms. The van der Waals surface area contributed by atoms with Crippen LogP contribution in [0, 0.1) is 0 Å². The first-order valence-electron chi connectivity index (χ1n) is 5.35. The van der Waals surface area contributed by atoms with Gasteiger partial charge in [0, 0.05) is 0 Å². The maximum Gasteiger partial charge on any atom is 0.186 e. The number of nitrogens with zero attached hydrogens (tertiary/aromatic N) is 1. The number of unbranched alkanes of at least 4 members (excludes halogenated alkanes) is 1. The van der Waals surface area contributed by atoms with E-state index in [1.165, 1.54) is 18.4 Å². The van der Waals surface area contributed by atoms with Crippen molar-refractivity contribution in [2.75, 3.05) is 0 Å². The van der Waals surface area contributed by atoms with E-state index in [1.807, 2.05) is 6.07 Å². The Hall–Kier alpha value is -1.51. The van der Waals surface area contributed by atoms with Crippen molar-refractivity contribution < 1.29 is 0 Å². The Balaban J connectivity index is 2.61. The fourth-order valence-corrected chi connectivity index (χ4v) is 1.45. The predicted molar refractivity (Wildman–Crippen MR) is 64.6 cm³/mol. The Morgan fingerprint density at radius 3 is 2.67 bits per heavy atom. The second-order valence-electron chi connectivity index (χ2n) is 3.66. The largest absolute Gasteiger partial charge is 0.370 e. The maximum atomic E-state index is 5.29. The predicted octanol–water partition coefficient (Wildman–Crippen LogP) is 1.80. The van der Waals surface area contributed by atoms with Crippen molar-refractivity contribution >= 4 is 5.96 Å². The zero-order chi connectivity index (χ0) is 11.1. The zero-order valence-corrected chi connectivity index (χ0v) is 9.24. The van der Waals surface area contributed by atoms with E-state index in [0.29, 0.717) is 6.54 Å². The Kier molecular flexibility index (Phi) is 4.68. The van der Waals surface area contributed by atoms with Crippen LogP contribution in [0.1, 0.15) is 30.9 Å². The molecule has 0 spiro atoms. The van der Waals surface area contributed by atoms with Gasteiger partial charge in [0.1, 0.15) is 0 Å². The van der Waals surface area contributed by atoms with Crippen molar-refractivity contribution in [3.63, 3.8) is 0 Å². The molecule has 1 aromatic rings. The molecule has 4 N–H and O–H groups in total. The summed E-state index contributed by atoms with van der Waals surface area (Å²) in [5.41, 5.74) is 13.1. The van der Waals surface area contributed by atoms with Crippen molar-refractivity contribution in [2.24, 2.45) is 16.5 Å². The molecule has 0 radical (unpaired) electrons. The lowest BCUT2D eigenvalue weighted by Gasteiger charge is -2.02. The Morgan fingerprint density at radius 2 is 2.00 bits per heavy atom. The summed E-state index contributed by atoms with van der Waals surface area (Å²) < 4.78 is 0. The Morgan fingerprint density at radius 1 is 1.27 bits per heavy atom. The number of nitrogens with two attached hydrogens (primary N) is 2. The van der Waals surface area contributed by atoms with E-state index in [4.69, 9.17) is 11.5 Å². The highest BCUT2D eigenvalue weighted by Gasteiger charge is 1.95. The molecular formula is C12H19N3. The number of guanidine groups is 1. The van der Waals surface area contributed by atoms with E-state index in [9.17, 15) is 0 Å². The highest BCUT2D eigenvalue weighted by Crippen LogP contribution is 2.09. The van der Waals surface area contributed by atoms with Gasteiger partial charge in [-0.2, -0.15) is 0 Å². The average molecular weight is 205 g/mol. The van der Waals surface area contributed by atoms with Crippen LogP contribution in [0.25, 0.3) is 0 Å². The van der Waals surface area contributed by atoms with Gasteiger partial charge in [0.15, 0.2) is 5.96 Å². The Bertz CT molecular complexity index is 327. The SMILES string of the molecule is CCCCc1cccc(CN=C(N)N)c1. The summed E-state index contributed by atoms with van der Waals surface area (Å²) in [6.07, 6.45) is 3.58. The average Bonchev–Trinajstić information content (AvgIpc) is 2.24. The maximum absolute atomic E-state index is 5.29. The van der Waals surface area contributed by atoms with Crippen LogP contribution < -0.4 is 11.5 Å². The fourth-order valence-electron chi connectivity index (χ4n) is 1.45. The number of aliphatic imine (C=N–C) groups is 1. The van der Waals surface area contributed by atoms with Gasteiger partial charge in [-0.05, 0) is 24.0 Å². The molecule has 0 aliphatic rings. The lowest BCUT2D eigenvalue weighted by Crippen LogP contribution is -2.22. The van der Waals surface area contributed by atoms with Crippen LogP contribution in [0.4, 0.5) is 0 Å². The van der Waals surface area contributed by atoms with Crippen LogP contribution in [0.2, 0.25) is 0 Å². The van der Waals surface area contributed by atoms with E-state index in [-0.39, 0.29) is 5.96 Å². The quantitative estimate of drug-likeness (QED) is 0.568. The molecule has 0 saturated heterocycles. The van der Waals surface area contributed by atoms with Gasteiger partial charge in [-0.15, -0.1) is 0 Å². The standard InChI is InChI=1S/C12H19N3/c1-2-3-5-10-6-4-7-11(8-10)9-15-12(13)14/h4,6-8H,2-3,5,9H2,1H3,(H4,13,14,15). The van der Waals surface area contributed by atoms with Crippen LogP contribution in [-0.4, -0.2) is 5.96 Å². The summed E-state index contributed by atoms with van der Waals surface area (Å²) in [7, 11) is 0. The molecule has 0 saturated carbocycles. The van der Waals surface area contributed by atoms with Gasteiger partial charge in [0.2, 0.25) is 0 Å². The number of hydrogen-bond donors (Lipinski definition) is 2. The first-order chi connectivity index (χ1) is 7.22. The number of rotatable bonds is 5. The molecule has 0 aliphatic heterocycles. The van der Waals surface area contributed by atoms with E-state index < -0.39 is 0 Å². The molecule has 3 nitrogen and oxygen atoms in total. The number of aryl methyl sites for hydroxylation is 1. The fraction of sp³-hybridized carbons (Fsp3) is 0.417. The summed E-state index contributed by atoms with van der Waals surface area (Å²) in [6.45, 7) is 2.77. The third kappa shape index (κ3) is 4.49. The van der Waals surface area contributed by atoms with Gasteiger partial charge in [-0.3, -0.25) is 0 Å². The molecule has 0 bridgehead atoms. The van der Waals surface area contributed by atoms with Gasteiger partial charge >= 0.3 is 0 Å². The van der Waals surface area contributed by atoms with Gasteiger partial charge in [0.25, 0.3) is 0 Å². The third-order valence-corrected chi connectivity index (χ3v) is 2.25. The zero-order valence-electron chi connectivity index (χ0n) is 9.24. The van der Waals surface area contributed by atoms with Crippen LogP contribution >= 0.6 is 0 Å². The van der Waals surface area contributed by atoms with Crippen molar-refractivity contribution in [1.82, 2.24) is 0 Å². The molecule has 0 aliphatic carbocycles. The topological polar surface area (TPSA) is 64.4 Å². The van der Waals surface area contributed by atoms with Crippen LogP contribution in [0.5, 0.6) is 0 Å². The molecular weight excluding hydrogens is 186 g/mol. The second kappa shape index (κ2) is 6.06. The third-order valence-electron chi connectivity index (χ3n) is 2.25. The lowest BCUT2D eigenvalue weighted by molar-refractivity contribution is 0.793. The van der Waals surface area contributed by atoms with Gasteiger partial charge in [-0.25, -0.2) is 4.99 Å². The molecule has 82 valence electrons. The van der Waals surface area contributed by atoms with E-state index in [1.54, 1.807) is 0 Å². The minimum atomic E-state index is 0.147. The van der Waals surface area contributed by atoms with Crippen molar-refractivity contribution in [1.29, 1.82) is 0 Å². The monoisotopic (exact) mass is 205 g/mol. The smallest absolute Gasteiger partial charge is 0.186 e. The molecule has 0 aromatic heterocycles. The summed E-state index contributed by atoms with van der Waals surface area (Å²) in [5.74, 6) is 0.147. The summed E-state index contributed by atoms with van der Waals surface area (Å²) >= 11 is 0. The highest BCUT2D eigenvalue weighted by atomic mass is 15.0. The minimum Gasteiger partial charge on any atom is -0.370 e. The highest BCUT2D eigenvalue weighted by molar-refractivity contribution is 5.75. The molecule has 0 atom stereocenters. The first-order valence-corrected chi connectivity index (χ1v) is 5.35.